The van der Waals surface area contributed by atoms with Crippen LogP contribution in [-0.2, 0) is 5.41 Å². The number of aromatic nitrogens is 3. The lowest BCUT2D eigenvalue weighted by Crippen LogP contribution is -2.28. The van der Waals surface area contributed by atoms with Crippen molar-refractivity contribution in [3.8, 4) is 89.8 Å². The van der Waals surface area contributed by atoms with Crippen molar-refractivity contribution in [1.82, 2.24) is 15.0 Å². The standard InChI is InChI=1S/C58H42N4/c1-59-50-29-31-53-52(38-50)51-30-28-48(37-54(51)58(53)32-9-4-10-33-58)46-21-12-19-44(35-46)43-18-11-20-45(34-43)47-22-13-23-49(36-47)57-61-55(41-16-7-3-8-17-41)60-56(62-57)42-26-24-40(25-27-42)39-14-5-2-6-15-39/h2-3,5-8,11-31,34-38H,4,9-10,32-33H2. The minimum Gasteiger partial charge on any atom is -0.238 e. The minimum atomic E-state index is 0.0279. The lowest BCUT2D eigenvalue weighted by atomic mass is 9.67. The number of nitrogens with zero attached hydrogens (tertiary/aromatic N) is 4. The molecule has 2 aliphatic rings. The molecule has 0 N–H and O–H groups in total. The molecule has 4 nitrogen and oxygen atoms in total. The summed E-state index contributed by atoms with van der Waals surface area (Å²) in [4.78, 5) is 18.9. The molecule has 8 aromatic carbocycles. The second kappa shape index (κ2) is 15.7. The van der Waals surface area contributed by atoms with Gasteiger partial charge in [0, 0.05) is 22.1 Å². The molecular weight excluding hydrogens is 753 g/mol. The van der Waals surface area contributed by atoms with Crippen molar-refractivity contribution in [2.75, 3.05) is 0 Å². The van der Waals surface area contributed by atoms with Gasteiger partial charge in [0.1, 0.15) is 0 Å². The van der Waals surface area contributed by atoms with Gasteiger partial charge in [0.05, 0.1) is 6.57 Å². The molecule has 0 radical (unpaired) electrons. The zero-order valence-electron chi connectivity index (χ0n) is 34.3. The fraction of sp³-hybridized carbons (Fsp3) is 0.103. The molecule has 0 atom stereocenters. The molecule has 1 fully saturated rings. The van der Waals surface area contributed by atoms with Crippen molar-refractivity contribution in [3.05, 3.63) is 217 Å². The molecule has 0 aliphatic heterocycles. The third-order valence-corrected chi connectivity index (χ3v) is 12.9. The molecule has 0 unspecified atom stereocenters. The molecule has 0 bridgehead atoms. The van der Waals surface area contributed by atoms with Crippen LogP contribution < -0.4 is 0 Å². The van der Waals surface area contributed by atoms with E-state index < -0.39 is 0 Å². The summed E-state index contributed by atoms with van der Waals surface area (Å²) >= 11 is 0. The lowest BCUT2D eigenvalue weighted by molar-refractivity contribution is 0.353. The van der Waals surface area contributed by atoms with Gasteiger partial charge in [0.25, 0.3) is 0 Å². The number of rotatable bonds is 7. The van der Waals surface area contributed by atoms with Gasteiger partial charge in [-0.25, -0.2) is 19.8 Å². The maximum absolute atomic E-state index is 7.68. The first kappa shape index (κ1) is 37.3. The predicted molar refractivity (Wildman–Crippen MR) is 253 cm³/mol. The minimum absolute atomic E-state index is 0.0279. The maximum Gasteiger partial charge on any atom is 0.187 e. The van der Waals surface area contributed by atoms with E-state index in [1.54, 1.807) is 0 Å². The summed E-state index contributed by atoms with van der Waals surface area (Å²) in [5.74, 6) is 1.91. The van der Waals surface area contributed by atoms with Crippen molar-refractivity contribution >= 4 is 5.69 Å². The summed E-state index contributed by atoms with van der Waals surface area (Å²) in [5.41, 5.74) is 18.2. The molecule has 1 heterocycles. The third kappa shape index (κ3) is 6.79. The van der Waals surface area contributed by atoms with Crippen LogP contribution in [0.15, 0.2) is 194 Å². The van der Waals surface area contributed by atoms with Crippen LogP contribution in [0, 0.1) is 6.57 Å². The van der Waals surface area contributed by atoms with Crippen LogP contribution in [0.3, 0.4) is 0 Å². The summed E-state index contributed by atoms with van der Waals surface area (Å²) < 4.78 is 0. The molecule has 1 aromatic heterocycles. The van der Waals surface area contributed by atoms with Gasteiger partial charge in [0.2, 0.25) is 0 Å². The van der Waals surface area contributed by atoms with Crippen LogP contribution in [-0.4, -0.2) is 15.0 Å². The molecule has 2 aliphatic carbocycles. The predicted octanol–water partition coefficient (Wildman–Crippen LogP) is 15.3. The highest BCUT2D eigenvalue weighted by Gasteiger charge is 2.43. The highest BCUT2D eigenvalue weighted by Crippen LogP contribution is 2.57. The fourth-order valence-electron chi connectivity index (χ4n) is 9.82. The Hall–Kier alpha value is -7.74. The Morgan fingerprint density at radius 2 is 0.774 bits per heavy atom. The summed E-state index contributed by atoms with van der Waals surface area (Å²) in [6, 6.07) is 68.6. The molecule has 1 saturated carbocycles. The van der Waals surface area contributed by atoms with Gasteiger partial charge in [-0.15, -0.1) is 0 Å². The molecule has 294 valence electrons. The first-order valence-electron chi connectivity index (χ1n) is 21.6. The van der Waals surface area contributed by atoms with Gasteiger partial charge in [-0.05, 0) is 110 Å². The molecule has 1 spiro atoms. The molecule has 9 aromatic rings. The Morgan fingerprint density at radius 1 is 0.339 bits per heavy atom. The van der Waals surface area contributed by atoms with E-state index in [4.69, 9.17) is 21.5 Å². The summed E-state index contributed by atoms with van der Waals surface area (Å²) in [6.07, 6.45) is 6.08. The normalized spacial score (nSPS) is 13.6. The van der Waals surface area contributed by atoms with Gasteiger partial charge >= 0.3 is 0 Å². The van der Waals surface area contributed by atoms with Crippen LogP contribution in [0.5, 0.6) is 0 Å². The summed E-state index contributed by atoms with van der Waals surface area (Å²) in [5, 5.41) is 0. The zero-order chi connectivity index (χ0) is 41.5. The second-order valence-corrected chi connectivity index (χ2v) is 16.6. The molecule has 0 saturated heterocycles. The Morgan fingerprint density at radius 3 is 1.35 bits per heavy atom. The highest BCUT2D eigenvalue weighted by atomic mass is 15.0. The van der Waals surface area contributed by atoms with Crippen LogP contribution >= 0.6 is 0 Å². The highest BCUT2D eigenvalue weighted by molar-refractivity contribution is 5.87. The average molecular weight is 795 g/mol. The van der Waals surface area contributed by atoms with Crippen molar-refractivity contribution < 1.29 is 0 Å². The maximum atomic E-state index is 7.68. The third-order valence-electron chi connectivity index (χ3n) is 12.9. The van der Waals surface area contributed by atoms with E-state index in [9.17, 15) is 0 Å². The van der Waals surface area contributed by atoms with E-state index in [-0.39, 0.29) is 5.41 Å². The van der Waals surface area contributed by atoms with Gasteiger partial charge in [-0.3, -0.25) is 0 Å². The average Bonchev–Trinajstić information content (AvgIpc) is 3.61. The lowest BCUT2D eigenvalue weighted by Gasteiger charge is -2.36. The van der Waals surface area contributed by atoms with Gasteiger partial charge < -0.3 is 0 Å². The Bertz CT molecular complexity index is 3160. The number of hydrogen-bond acceptors (Lipinski definition) is 3. The van der Waals surface area contributed by atoms with E-state index in [0.29, 0.717) is 23.2 Å². The zero-order valence-corrected chi connectivity index (χ0v) is 34.3. The van der Waals surface area contributed by atoms with E-state index in [1.165, 1.54) is 63.8 Å². The van der Waals surface area contributed by atoms with Gasteiger partial charge in [0.15, 0.2) is 23.2 Å². The quantitative estimate of drug-likeness (QED) is 0.151. The van der Waals surface area contributed by atoms with Crippen molar-refractivity contribution in [2.24, 2.45) is 0 Å². The van der Waals surface area contributed by atoms with E-state index in [2.05, 4.69) is 157 Å². The van der Waals surface area contributed by atoms with Crippen molar-refractivity contribution in [3.63, 3.8) is 0 Å². The van der Waals surface area contributed by atoms with Crippen LogP contribution in [0.2, 0.25) is 0 Å². The van der Waals surface area contributed by atoms with Crippen LogP contribution in [0.4, 0.5) is 5.69 Å². The van der Waals surface area contributed by atoms with Crippen LogP contribution in [0.25, 0.3) is 94.6 Å². The number of benzene rings is 8. The fourth-order valence-corrected chi connectivity index (χ4v) is 9.82. The van der Waals surface area contributed by atoms with E-state index >= 15 is 0 Å². The topological polar surface area (TPSA) is 43.0 Å². The Labute approximate surface area is 363 Å². The Kier molecular flexibility index (Phi) is 9.44. The first-order valence-corrected chi connectivity index (χ1v) is 21.6. The van der Waals surface area contributed by atoms with E-state index in [0.717, 1.165) is 51.8 Å². The molecule has 0 amide bonds. The monoisotopic (exact) mass is 794 g/mol. The largest absolute Gasteiger partial charge is 0.238 e. The smallest absolute Gasteiger partial charge is 0.187 e. The number of hydrogen-bond donors (Lipinski definition) is 0. The molecule has 62 heavy (non-hydrogen) atoms. The van der Waals surface area contributed by atoms with Gasteiger partial charge in [-0.1, -0.05) is 183 Å². The molecule has 11 rings (SSSR count). The van der Waals surface area contributed by atoms with Gasteiger partial charge in [-0.2, -0.15) is 0 Å². The summed E-state index contributed by atoms with van der Waals surface area (Å²) in [6.45, 7) is 7.68. The van der Waals surface area contributed by atoms with E-state index in [1.807, 2.05) is 42.5 Å². The molecular formula is C58H42N4. The second-order valence-electron chi connectivity index (χ2n) is 16.6. The van der Waals surface area contributed by atoms with Crippen molar-refractivity contribution in [2.45, 2.75) is 37.5 Å². The SMILES string of the molecule is [C-]#[N+]c1ccc2c(c1)-c1ccc(-c3cccc(-c4cccc(-c5cccc(-c6nc(-c7ccccc7)nc(-c7ccc(-c8ccccc8)cc7)n6)c5)c4)c3)cc1C21CCCCC1. The number of fused-ring (bicyclic) bond motifs is 5. The first-order chi connectivity index (χ1) is 30.6. The van der Waals surface area contributed by atoms with Crippen LogP contribution in [0.1, 0.15) is 43.2 Å². The molecule has 4 heteroatoms. The van der Waals surface area contributed by atoms with Crippen molar-refractivity contribution in [1.29, 1.82) is 0 Å². The Balaban J connectivity index is 0.923. The summed E-state index contributed by atoms with van der Waals surface area (Å²) in [7, 11) is 0.